The molecule has 2 aromatic heterocycles. The van der Waals surface area contributed by atoms with Crippen molar-refractivity contribution in [2.75, 3.05) is 13.1 Å². The molecule has 1 aliphatic heterocycles. The molecular weight excluding hydrogens is 322 g/mol. The Balaban J connectivity index is 1.91. The van der Waals surface area contributed by atoms with Crippen LogP contribution in [0.25, 0.3) is 11.4 Å². The largest absolute Gasteiger partial charge is 0.373 e. The first-order valence-corrected chi connectivity index (χ1v) is 8.56. The SMILES string of the molecule is C=CCn1c(-c2cccnc2)nn(CN2C[C@H](C)O[C@@H](C)C2)c1=S. The van der Waals surface area contributed by atoms with Crippen molar-refractivity contribution in [2.24, 2.45) is 0 Å². The number of morpholine rings is 1. The van der Waals surface area contributed by atoms with Crippen LogP contribution in [0.2, 0.25) is 0 Å². The number of hydrogen-bond acceptors (Lipinski definition) is 5. The van der Waals surface area contributed by atoms with E-state index in [0.717, 1.165) is 24.5 Å². The number of hydrogen-bond donors (Lipinski definition) is 0. The third-order valence-electron chi connectivity index (χ3n) is 3.98. The highest BCUT2D eigenvalue weighted by atomic mass is 32.1. The van der Waals surface area contributed by atoms with Crippen LogP contribution in [0.4, 0.5) is 0 Å². The van der Waals surface area contributed by atoms with Gasteiger partial charge in [0.15, 0.2) is 10.6 Å². The molecule has 6 nitrogen and oxygen atoms in total. The molecule has 1 saturated heterocycles. The molecule has 128 valence electrons. The van der Waals surface area contributed by atoms with E-state index < -0.39 is 0 Å². The lowest BCUT2D eigenvalue weighted by molar-refractivity contribution is -0.0777. The number of rotatable bonds is 5. The van der Waals surface area contributed by atoms with E-state index in [0.29, 0.717) is 18.0 Å². The maximum absolute atomic E-state index is 5.80. The van der Waals surface area contributed by atoms with E-state index >= 15 is 0 Å². The molecule has 0 unspecified atom stereocenters. The van der Waals surface area contributed by atoms with Crippen LogP contribution in [0.1, 0.15) is 13.8 Å². The van der Waals surface area contributed by atoms with Crippen LogP contribution in [0, 0.1) is 4.77 Å². The van der Waals surface area contributed by atoms with Crippen LogP contribution in [-0.4, -0.2) is 49.5 Å². The van der Waals surface area contributed by atoms with Gasteiger partial charge in [0.25, 0.3) is 0 Å². The second-order valence-electron chi connectivity index (χ2n) is 6.18. The second-order valence-corrected chi connectivity index (χ2v) is 6.55. The second kappa shape index (κ2) is 7.38. The summed E-state index contributed by atoms with van der Waals surface area (Å²) < 4.78 is 10.4. The first kappa shape index (κ1) is 17.0. The summed E-state index contributed by atoms with van der Waals surface area (Å²) in [5, 5.41) is 4.75. The van der Waals surface area contributed by atoms with Gasteiger partial charge in [-0.15, -0.1) is 6.58 Å². The Hall–Kier alpha value is -1.83. The lowest BCUT2D eigenvalue weighted by Gasteiger charge is -2.34. The Morgan fingerprint density at radius 1 is 1.38 bits per heavy atom. The molecule has 3 heterocycles. The summed E-state index contributed by atoms with van der Waals surface area (Å²) in [7, 11) is 0. The molecule has 24 heavy (non-hydrogen) atoms. The fourth-order valence-corrected chi connectivity index (χ4v) is 3.38. The minimum atomic E-state index is 0.218. The van der Waals surface area contributed by atoms with E-state index in [4.69, 9.17) is 22.1 Å². The van der Waals surface area contributed by atoms with Gasteiger partial charge in [0, 0.05) is 37.6 Å². The third kappa shape index (κ3) is 3.63. The van der Waals surface area contributed by atoms with Crippen molar-refractivity contribution in [3.8, 4) is 11.4 Å². The normalized spacial score (nSPS) is 21.8. The molecular formula is C17H23N5OS. The maximum atomic E-state index is 5.80. The average molecular weight is 345 g/mol. The van der Waals surface area contributed by atoms with Crippen LogP contribution in [0.15, 0.2) is 37.2 Å². The first-order valence-electron chi connectivity index (χ1n) is 8.15. The monoisotopic (exact) mass is 345 g/mol. The number of ether oxygens (including phenoxy) is 1. The van der Waals surface area contributed by atoms with Crippen molar-refractivity contribution >= 4 is 12.2 Å². The fourth-order valence-electron chi connectivity index (χ4n) is 3.12. The van der Waals surface area contributed by atoms with Crippen LogP contribution < -0.4 is 0 Å². The van der Waals surface area contributed by atoms with Crippen molar-refractivity contribution in [2.45, 2.75) is 39.3 Å². The summed E-state index contributed by atoms with van der Waals surface area (Å²) in [6.07, 6.45) is 5.83. The molecule has 7 heteroatoms. The molecule has 0 aromatic carbocycles. The van der Waals surface area contributed by atoms with Gasteiger partial charge in [-0.05, 0) is 38.2 Å². The van der Waals surface area contributed by atoms with Crippen molar-refractivity contribution in [3.63, 3.8) is 0 Å². The van der Waals surface area contributed by atoms with Gasteiger partial charge in [0.2, 0.25) is 0 Å². The lowest BCUT2D eigenvalue weighted by atomic mass is 10.2. The standard InChI is InChI=1S/C17H23N5OS/c1-4-8-21-16(15-6-5-7-18-9-15)19-22(17(21)24)12-20-10-13(2)23-14(3)11-20/h4-7,9,13-14H,1,8,10-12H2,2-3H3/t13-,14-/m0/s1. The summed E-state index contributed by atoms with van der Waals surface area (Å²) in [4.78, 5) is 6.51. The summed E-state index contributed by atoms with van der Waals surface area (Å²) in [6, 6.07) is 3.90. The van der Waals surface area contributed by atoms with E-state index in [-0.39, 0.29) is 12.2 Å². The molecule has 0 saturated carbocycles. The van der Waals surface area contributed by atoms with Crippen molar-refractivity contribution in [1.29, 1.82) is 0 Å². The minimum absolute atomic E-state index is 0.218. The third-order valence-corrected chi connectivity index (χ3v) is 4.41. The zero-order valence-electron chi connectivity index (χ0n) is 14.1. The molecule has 3 rings (SSSR count). The Labute approximate surface area is 147 Å². The molecule has 0 aliphatic carbocycles. The molecule has 0 spiro atoms. The molecule has 0 bridgehead atoms. The summed E-state index contributed by atoms with van der Waals surface area (Å²) >= 11 is 5.64. The van der Waals surface area contributed by atoms with Gasteiger partial charge in [-0.3, -0.25) is 14.5 Å². The van der Waals surface area contributed by atoms with Gasteiger partial charge in [-0.2, -0.15) is 5.10 Å². The highest BCUT2D eigenvalue weighted by Gasteiger charge is 2.23. The smallest absolute Gasteiger partial charge is 0.199 e. The van der Waals surface area contributed by atoms with Gasteiger partial charge in [0.05, 0.1) is 18.9 Å². The molecule has 1 fully saturated rings. The van der Waals surface area contributed by atoms with Gasteiger partial charge in [-0.25, -0.2) is 4.68 Å². The number of aromatic nitrogens is 4. The number of pyridine rings is 1. The zero-order valence-corrected chi connectivity index (χ0v) is 14.9. The van der Waals surface area contributed by atoms with Gasteiger partial charge in [0.1, 0.15) is 0 Å². The predicted octanol–water partition coefficient (Wildman–Crippen LogP) is 2.73. The summed E-state index contributed by atoms with van der Waals surface area (Å²) in [5.41, 5.74) is 0.952. The van der Waals surface area contributed by atoms with Crippen LogP contribution in [0.3, 0.4) is 0 Å². The molecule has 0 N–H and O–H groups in total. The Morgan fingerprint density at radius 3 is 2.75 bits per heavy atom. The van der Waals surface area contributed by atoms with E-state index in [1.54, 1.807) is 12.4 Å². The fraction of sp³-hybridized carbons (Fsp3) is 0.471. The minimum Gasteiger partial charge on any atom is -0.373 e. The molecule has 1 aliphatic rings. The van der Waals surface area contributed by atoms with Gasteiger partial charge < -0.3 is 4.74 Å². The quantitative estimate of drug-likeness (QED) is 0.616. The Kier molecular flexibility index (Phi) is 5.23. The van der Waals surface area contributed by atoms with Gasteiger partial charge in [-0.1, -0.05) is 6.08 Å². The number of allylic oxidation sites excluding steroid dienone is 1. The molecule has 2 atom stereocenters. The Bertz CT molecular complexity index is 744. The van der Waals surface area contributed by atoms with Crippen molar-refractivity contribution < 1.29 is 4.74 Å². The molecule has 0 radical (unpaired) electrons. The van der Waals surface area contributed by atoms with Gasteiger partial charge >= 0.3 is 0 Å². The zero-order chi connectivity index (χ0) is 17.1. The first-order chi connectivity index (χ1) is 11.6. The number of nitrogens with zero attached hydrogens (tertiary/aromatic N) is 5. The molecule has 0 amide bonds. The highest BCUT2D eigenvalue weighted by molar-refractivity contribution is 7.71. The van der Waals surface area contributed by atoms with Crippen LogP contribution in [0.5, 0.6) is 0 Å². The van der Waals surface area contributed by atoms with E-state index in [9.17, 15) is 0 Å². The van der Waals surface area contributed by atoms with Crippen molar-refractivity contribution in [3.05, 3.63) is 42.0 Å². The van der Waals surface area contributed by atoms with Crippen molar-refractivity contribution in [1.82, 2.24) is 24.2 Å². The lowest BCUT2D eigenvalue weighted by Crippen LogP contribution is -2.46. The maximum Gasteiger partial charge on any atom is 0.199 e. The van der Waals surface area contributed by atoms with E-state index in [1.807, 2.05) is 27.5 Å². The molecule has 2 aromatic rings. The van der Waals surface area contributed by atoms with E-state index in [2.05, 4.69) is 30.3 Å². The summed E-state index contributed by atoms with van der Waals surface area (Å²) in [5.74, 6) is 0.822. The summed E-state index contributed by atoms with van der Waals surface area (Å²) in [6.45, 7) is 11.1. The Morgan fingerprint density at radius 2 is 2.12 bits per heavy atom. The average Bonchev–Trinajstić information content (AvgIpc) is 2.85. The van der Waals surface area contributed by atoms with Crippen LogP contribution in [-0.2, 0) is 18.0 Å². The van der Waals surface area contributed by atoms with E-state index in [1.165, 1.54) is 0 Å². The highest BCUT2D eigenvalue weighted by Crippen LogP contribution is 2.18. The predicted molar refractivity (Wildman–Crippen MR) is 96.1 cm³/mol. The van der Waals surface area contributed by atoms with Crippen LogP contribution >= 0.6 is 12.2 Å². The topological polar surface area (TPSA) is 48.1 Å².